The molecule has 0 unspecified atom stereocenters. The van der Waals surface area contributed by atoms with Crippen molar-refractivity contribution >= 4 is 59.2 Å². The van der Waals surface area contributed by atoms with E-state index in [1.807, 2.05) is 0 Å². The lowest BCUT2D eigenvalue weighted by Crippen LogP contribution is -2.62. The van der Waals surface area contributed by atoms with Crippen molar-refractivity contribution in [3.05, 3.63) is 102 Å². The number of aliphatic hydroxyl groups is 2. The van der Waals surface area contributed by atoms with Crippen LogP contribution in [-0.2, 0) is 62.4 Å². The zero-order valence-electron chi connectivity index (χ0n) is 46.4. The number of aliphatic hydroxyl groups excluding tert-OH is 2. The second kappa shape index (κ2) is 32.2. The number of nitrogens with one attached hydrogen (secondary N) is 7. The topological polar surface area (TPSA) is 412 Å². The summed E-state index contributed by atoms with van der Waals surface area (Å²) in [7, 11) is 0. The standard InChI is InChI=1S/C56H80N12O13/c1-6-32(4)45(52(77)61-39(19-13-25-60-56(58)59)48(73)65-44(31(2)3)51(76)67-46(33(5)70)53(78)63-41(55(80)81)29-35-17-11-8-12-18-35)66-50(75)43-20-14-26-68(43)54(79)42(30-69)64-49(74)40(28-34-15-9-7-10-16-34)62-47(72)38(57)27-36-21-23-37(71)24-22-36/h7-12,15-18,21-24,31-33,38-46,69-71H,6,13-14,19-20,25-30,57H2,1-5H3,(H,61,77)(H,62,72)(H,63,78)(H,64,74)(H,65,73)(H,66,75)(H,67,76)(H,80,81)(H4,58,59,60)/t32-,33+,38-,39-,40-,41-,42-,43-,44-,45-,46-/m0/s1. The first kappa shape index (κ1) is 65.4. The number of likely N-dealkylation sites (tertiary alicyclic amines) is 1. The van der Waals surface area contributed by atoms with Gasteiger partial charge in [-0.15, -0.1) is 0 Å². The van der Waals surface area contributed by atoms with Crippen LogP contribution < -0.4 is 54.4 Å². The number of aromatic hydroxyl groups is 1. The fourth-order valence-electron chi connectivity index (χ4n) is 9.01. The molecule has 1 heterocycles. The maximum Gasteiger partial charge on any atom is 0.326 e. The molecule has 1 saturated heterocycles. The summed E-state index contributed by atoms with van der Waals surface area (Å²) in [6.45, 7) is 7.06. The number of nitrogens with two attached hydrogens (primary N) is 3. The highest BCUT2D eigenvalue weighted by Gasteiger charge is 2.41. The van der Waals surface area contributed by atoms with Gasteiger partial charge in [0.15, 0.2) is 5.96 Å². The number of carbonyl (C=O) groups excluding carboxylic acids is 8. The molecule has 0 bridgehead atoms. The minimum absolute atomic E-state index is 0.0184. The third kappa shape index (κ3) is 20.5. The van der Waals surface area contributed by atoms with Gasteiger partial charge >= 0.3 is 5.97 Å². The Morgan fingerprint density at radius 2 is 1.14 bits per heavy atom. The van der Waals surface area contributed by atoms with Gasteiger partial charge in [-0.3, -0.25) is 43.3 Å². The molecule has 1 aliphatic heterocycles. The Morgan fingerprint density at radius 3 is 1.68 bits per heavy atom. The van der Waals surface area contributed by atoms with Crippen LogP contribution in [0.4, 0.5) is 0 Å². The predicted octanol–water partition coefficient (Wildman–Crippen LogP) is -1.65. The van der Waals surface area contributed by atoms with E-state index in [9.17, 15) is 63.6 Å². The molecule has 1 aliphatic rings. The smallest absolute Gasteiger partial charge is 0.326 e. The fraction of sp³-hybridized carbons (Fsp3) is 0.500. The first-order valence-corrected chi connectivity index (χ1v) is 27.1. The number of carboxylic acid groups (broad SMARTS) is 1. The van der Waals surface area contributed by atoms with Crippen molar-refractivity contribution in [1.82, 2.24) is 42.1 Å². The predicted molar refractivity (Wildman–Crippen MR) is 299 cm³/mol. The van der Waals surface area contributed by atoms with Crippen LogP contribution in [0.3, 0.4) is 0 Å². The molecule has 11 atom stereocenters. The molecule has 3 aromatic carbocycles. The summed E-state index contributed by atoms with van der Waals surface area (Å²) in [5, 5.41) is 58.8. The van der Waals surface area contributed by atoms with Gasteiger partial charge in [0, 0.05) is 25.9 Å². The average molecular weight is 1130 g/mol. The Bertz CT molecular complexity index is 2620. The molecule has 1 fully saturated rings. The molecule has 442 valence electrons. The van der Waals surface area contributed by atoms with Crippen molar-refractivity contribution in [3.63, 3.8) is 0 Å². The molecule has 0 spiro atoms. The maximum atomic E-state index is 14.4. The monoisotopic (exact) mass is 1130 g/mol. The molecule has 0 aliphatic carbocycles. The quantitative estimate of drug-likeness (QED) is 0.0195. The van der Waals surface area contributed by atoms with E-state index in [4.69, 9.17) is 17.2 Å². The van der Waals surface area contributed by atoms with E-state index >= 15 is 0 Å². The van der Waals surface area contributed by atoms with Crippen molar-refractivity contribution in [2.75, 3.05) is 19.7 Å². The highest BCUT2D eigenvalue weighted by Crippen LogP contribution is 2.21. The number of hydrogen-bond donors (Lipinski definition) is 14. The highest BCUT2D eigenvalue weighted by atomic mass is 16.4. The van der Waals surface area contributed by atoms with E-state index in [2.05, 4.69) is 42.2 Å². The van der Waals surface area contributed by atoms with Crippen LogP contribution in [0.2, 0.25) is 0 Å². The third-order valence-corrected chi connectivity index (χ3v) is 13.9. The van der Waals surface area contributed by atoms with Crippen LogP contribution >= 0.6 is 0 Å². The van der Waals surface area contributed by atoms with Gasteiger partial charge in [0.05, 0.1) is 18.8 Å². The zero-order chi connectivity index (χ0) is 59.9. The largest absolute Gasteiger partial charge is 0.508 e. The normalized spacial score (nSPS) is 16.8. The first-order valence-electron chi connectivity index (χ1n) is 27.1. The molecule has 81 heavy (non-hydrogen) atoms. The van der Waals surface area contributed by atoms with Gasteiger partial charge in [0.2, 0.25) is 47.3 Å². The van der Waals surface area contributed by atoms with Crippen molar-refractivity contribution < 1.29 is 63.6 Å². The van der Waals surface area contributed by atoms with Gasteiger partial charge in [0.25, 0.3) is 0 Å². The Balaban J connectivity index is 1.49. The minimum atomic E-state index is -1.66. The minimum Gasteiger partial charge on any atom is -0.508 e. The molecule has 0 aromatic heterocycles. The molecule has 4 rings (SSSR count). The number of aliphatic carboxylic acids is 1. The van der Waals surface area contributed by atoms with E-state index in [1.54, 1.807) is 100 Å². The van der Waals surface area contributed by atoms with Crippen LogP contribution in [0.15, 0.2) is 89.9 Å². The third-order valence-electron chi connectivity index (χ3n) is 13.9. The molecule has 8 amide bonds. The van der Waals surface area contributed by atoms with E-state index in [1.165, 1.54) is 24.0 Å². The van der Waals surface area contributed by atoms with Crippen LogP contribution in [0, 0.1) is 11.8 Å². The van der Waals surface area contributed by atoms with Crippen LogP contribution in [-0.4, -0.2) is 165 Å². The number of phenols is 1. The second-order valence-electron chi connectivity index (χ2n) is 20.6. The number of carbonyl (C=O) groups is 9. The van der Waals surface area contributed by atoms with Gasteiger partial charge in [0.1, 0.15) is 54.1 Å². The van der Waals surface area contributed by atoms with Crippen LogP contribution in [0.25, 0.3) is 0 Å². The number of rotatable bonds is 31. The average Bonchev–Trinajstić information content (AvgIpc) is 3.95. The molecule has 17 N–H and O–H groups in total. The fourth-order valence-corrected chi connectivity index (χ4v) is 9.01. The van der Waals surface area contributed by atoms with Gasteiger partial charge < -0.3 is 79.7 Å². The number of aliphatic imine (C=N–C) groups is 1. The van der Waals surface area contributed by atoms with Crippen molar-refractivity contribution in [2.24, 2.45) is 34.0 Å². The SMILES string of the molecule is CC[C@H](C)[C@H](NC(=O)[C@@H]1CCCN1C(=O)[C@H](CO)NC(=O)[C@H](Cc1ccccc1)NC(=O)[C@@H](N)Cc1ccc(O)cc1)C(=O)N[C@@H](CCCN=C(N)N)C(=O)N[C@H](C(=O)N[C@H](C(=O)N[C@@H](Cc1ccccc1)C(=O)O)[C@@H](C)O)C(C)C. The Labute approximate surface area is 471 Å². The van der Waals surface area contributed by atoms with E-state index < -0.39 is 132 Å². The van der Waals surface area contributed by atoms with E-state index in [-0.39, 0.29) is 63.3 Å². The molecule has 3 aromatic rings. The summed E-state index contributed by atoms with van der Waals surface area (Å²) in [4.78, 5) is 129. The molecule has 0 saturated carbocycles. The summed E-state index contributed by atoms with van der Waals surface area (Å²) in [5.41, 5.74) is 19.2. The van der Waals surface area contributed by atoms with Gasteiger partial charge in [-0.2, -0.15) is 0 Å². The second-order valence-corrected chi connectivity index (χ2v) is 20.6. The maximum absolute atomic E-state index is 14.4. The number of guanidine groups is 1. The molecule has 0 radical (unpaired) electrons. The Kier molecular flexibility index (Phi) is 26.0. The lowest BCUT2D eigenvalue weighted by atomic mass is 9.96. The molecular weight excluding hydrogens is 1050 g/mol. The summed E-state index contributed by atoms with van der Waals surface area (Å²) in [5.74, 6) is -9.38. The van der Waals surface area contributed by atoms with Gasteiger partial charge in [-0.05, 0) is 79.7 Å². The van der Waals surface area contributed by atoms with E-state index in [0.717, 1.165) is 0 Å². The number of hydrogen-bond acceptors (Lipinski definition) is 14. The van der Waals surface area contributed by atoms with Crippen LogP contribution in [0.5, 0.6) is 5.75 Å². The summed E-state index contributed by atoms with van der Waals surface area (Å²) in [6, 6.07) is 11.1. The molecular formula is C56H80N12O13. The number of nitrogens with zero attached hydrogens (tertiary/aromatic N) is 2. The Morgan fingerprint density at radius 1 is 0.630 bits per heavy atom. The summed E-state index contributed by atoms with van der Waals surface area (Å²) < 4.78 is 0. The summed E-state index contributed by atoms with van der Waals surface area (Å²) in [6.07, 6.45) is -0.678. The van der Waals surface area contributed by atoms with E-state index in [0.29, 0.717) is 29.5 Å². The van der Waals surface area contributed by atoms with Crippen molar-refractivity contribution in [2.45, 2.75) is 146 Å². The zero-order valence-corrected chi connectivity index (χ0v) is 46.4. The van der Waals surface area contributed by atoms with Crippen molar-refractivity contribution in [3.8, 4) is 5.75 Å². The number of carboxylic acids is 1. The van der Waals surface area contributed by atoms with Gasteiger partial charge in [-0.25, -0.2) is 4.79 Å². The van der Waals surface area contributed by atoms with Crippen molar-refractivity contribution in [1.29, 1.82) is 0 Å². The van der Waals surface area contributed by atoms with Crippen LogP contribution in [0.1, 0.15) is 83.4 Å². The number of phenolic OH excluding ortho intramolecular Hbond substituents is 1. The highest BCUT2D eigenvalue weighted by molar-refractivity contribution is 5.98. The molecule has 25 heteroatoms. The summed E-state index contributed by atoms with van der Waals surface area (Å²) >= 11 is 0. The molecule has 25 nitrogen and oxygen atoms in total. The lowest BCUT2D eigenvalue weighted by Gasteiger charge is -2.32. The van der Waals surface area contributed by atoms with Gasteiger partial charge in [-0.1, -0.05) is 107 Å². The number of amides is 8. The first-order chi connectivity index (χ1) is 38.4. The number of benzene rings is 3. The Hall–Kier alpha value is -8.16. The lowest BCUT2D eigenvalue weighted by molar-refractivity contribution is -0.143.